The second kappa shape index (κ2) is 16.8. The Morgan fingerprint density at radius 2 is 0.623 bits per heavy atom. The largest absolute Gasteiger partial charge is 0.309 e. The highest BCUT2D eigenvalue weighted by molar-refractivity contribution is 7.20. The number of hydrogen-bond donors (Lipinski definition) is 0. The summed E-state index contributed by atoms with van der Waals surface area (Å²) >= 11 is 0. The van der Waals surface area contributed by atoms with Crippen LogP contribution in [0.25, 0.3) is 59.8 Å². The van der Waals surface area contributed by atoms with Crippen LogP contribution in [0.2, 0.25) is 0 Å². The van der Waals surface area contributed by atoms with Gasteiger partial charge in [0.2, 0.25) is 0 Å². The zero-order valence-corrected chi connectivity index (χ0v) is 39.3. The Labute approximate surface area is 418 Å². The Bertz CT molecular complexity index is 4350. The summed E-state index contributed by atoms with van der Waals surface area (Å²) in [6.45, 7) is 0. The zero-order chi connectivity index (χ0) is 54.5. The van der Waals surface area contributed by atoms with Gasteiger partial charge in [-0.05, 0) is 92.7 Å². The predicted molar refractivity (Wildman–Crippen MR) is 301 cm³/mol. The van der Waals surface area contributed by atoms with Gasteiger partial charge in [0.25, 0.3) is 0 Å². The van der Waals surface area contributed by atoms with Crippen molar-refractivity contribution in [3.8, 4) is 5.69 Å². The quantitative estimate of drug-likeness (QED) is 0.0772. The monoisotopic (exact) mass is 919 g/mol. The number of hydrogen-bond acceptors (Lipinski definition) is 0. The van der Waals surface area contributed by atoms with E-state index in [-0.39, 0.29) is 44.4 Å². The topological polar surface area (TPSA) is 4.93 Å². The number of rotatable bonds is 9. The average Bonchev–Trinajstić information content (AvgIpc) is 3.78. The van der Waals surface area contributed by atoms with Crippen molar-refractivity contribution in [2.75, 3.05) is 0 Å². The lowest BCUT2D eigenvalue weighted by molar-refractivity contribution is 1.18. The van der Waals surface area contributed by atoms with E-state index in [1.807, 2.05) is 53.1 Å². The van der Waals surface area contributed by atoms with Crippen molar-refractivity contribution in [1.82, 2.24) is 4.57 Å². The SMILES string of the molecule is [2H]c1c([2H])c([2H])c2c(c1[2H])c1c([2H])c([2H])c([2H])c([2H])c1c1c2c([2H])c([2H])c2c1c1cc([Si](c3ccccc3)(c3ccccc3)c3ccccc3)ccc1n2-c1cccc([Si](c2ccccc2)(c2ccccc2)c2ccccc2)c1. The maximum Gasteiger partial charge on any atom is 0.179 e. The molecule has 69 heavy (non-hydrogen) atoms. The first-order valence-electron chi connectivity index (χ1n) is 28.2. The van der Waals surface area contributed by atoms with E-state index in [4.69, 9.17) is 4.11 Å². The smallest absolute Gasteiger partial charge is 0.179 e. The van der Waals surface area contributed by atoms with Crippen LogP contribution in [0.5, 0.6) is 0 Å². The molecule has 0 N–H and O–H groups in total. The molecule has 0 saturated heterocycles. The third-order valence-corrected chi connectivity index (χ3v) is 23.7. The van der Waals surface area contributed by atoms with Crippen LogP contribution in [-0.4, -0.2) is 20.7 Å². The Balaban J connectivity index is 1.28. The normalized spacial score (nSPS) is 14.1. The first-order valence-corrected chi connectivity index (χ1v) is 27.2. The van der Waals surface area contributed by atoms with Crippen LogP contribution in [-0.2, 0) is 0 Å². The van der Waals surface area contributed by atoms with Gasteiger partial charge in [-0.25, -0.2) is 0 Å². The lowest BCUT2D eigenvalue weighted by Crippen LogP contribution is -2.74. The van der Waals surface area contributed by atoms with Crippen LogP contribution >= 0.6 is 0 Å². The molecule has 0 bridgehead atoms. The second-order valence-electron chi connectivity index (χ2n) is 17.5. The number of benzene rings is 12. The molecule has 324 valence electrons. The minimum absolute atomic E-state index is 0.0107. The molecule has 0 unspecified atom stereocenters. The van der Waals surface area contributed by atoms with E-state index >= 15 is 0 Å². The van der Waals surface area contributed by atoms with Crippen molar-refractivity contribution >= 4 is 112 Å². The van der Waals surface area contributed by atoms with Gasteiger partial charge in [-0.2, -0.15) is 0 Å². The van der Waals surface area contributed by atoms with Crippen LogP contribution in [0.1, 0.15) is 13.7 Å². The number of nitrogens with zero attached hydrogens (tertiary/aromatic N) is 1. The lowest BCUT2D eigenvalue weighted by atomic mass is 9.92. The van der Waals surface area contributed by atoms with Gasteiger partial charge in [0.05, 0.1) is 24.7 Å². The molecule has 0 aliphatic heterocycles. The van der Waals surface area contributed by atoms with Crippen molar-refractivity contribution in [2.24, 2.45) is 0 Å². The molecule has 13 rings (SSSR count). The van der Waals surface area contributed by atoms with Crippen molar-refractivity contribution in [2.45, 2.75) is 0 Å². The maximum atomic E-state index is 10.4. The van der Waals surface area contributed by atoms with Crippen LogP contribution in [0, 0.1) is 0 Å². The summed E-state index contributed by atoms with van der Waals surface area (Å²) in [5, 5.41) is 9.91. The Morgan fingerprint density at radius 1 is 0.261 bits per heavy atom. The van der Waals surface area contributed by atoms with Gasteiger partial charge in [-0.1, -0.05) is 261 Å². The molecule has 0 aliphatic rings. The molecule has 0 fully saturated rings. The van der Waals surface area contributed by atoms with E-state index in [1.165, 1.54) is 0 Å². The fourth-order valence-corrected chi connectivity index (χ4v) is 20.9. The summed E-state index contributed by atoms with van der Waals surface area (Å²) in [5.41, 5.74) is 1.68. The first-order chi connectivity index (χ1) is 38.4. The van der Waals surface area contributed by atoms with Crippen molar-refractivity contribution in [1.29, 1.82) is 0 Å². The fraction of sp³-hybridized carbons (Fsp3) is 0. The summed E-state index contributed by atoms with van der Waals surface area (Å²) in [5.74, 6) is 0. The number of fused-ring (bicyclic) bond motifs is 10. The molecule has 12 aromatic carbocycles. The molecule has 13 aromatic rings. The summed E-state index contributed by atoms with van der Waals surface area (Å²) in [7, 11) is -6.44. The molecule has 0 spiro atoms. The summed E-state index contributed by atoms with van der Waals surface area (Å²) in [6.07, 6.45) is 0. The van der Waals surface area contributed by atoms with E-state index < -0.39 is 64.5 Å². The van der Waals surface area contributed by atoms with E-state index in [2.05, 4.69) is 176 Å². The average molecular weight is 920 g/mol. The molecule has 0 saturated carbocycles. The van der Waals surface area contributed by atoms with Gasteiger partial charge < -0.3 is 4.57 Å². The van der Waals surface area contributed by atoms with Crippen molar-refractivity contribution in [3.05, 3.63) is 285 Å². The predicted octanol–water partition coefficient (Wildman–Crippen LogP) is 11.0. The van der Waals surface area contributed by atoms with Crippen LogP contribution < -0.4 is 41.5 Å². The Hall–Kier alpha value is -8.35. The van der Waals surface area contributed by atoms with E-state index in [1.54, 1.807) is 0 Å². The van der Waals surface area contributed by atoms with E-state index in [0.29, 0.717) is 27.5 Å². The molecule has 0 radical (unpaired) electrons. The molecule has 0 atom stereocenters. The van der Waals surface area contributed by atoms with Crippen LogP contribution in [0.3, 0.4) is 0 Å². The fourth-order valence-electron chi connectivity index (χ4n) is 11.3. The highest BCUT2D eigenvalue weighted by Gasteiger charge is 2.43. The second-order valence-corrected chi connectivity index (χ2v) is 25.2. The molecule has 3 heteroatoms. The van der Waals surface area contributed by atoms with Crippen LogP contribution in [0.4, 0.5) is 0 Å². The molecule has 1 nitrogen and oxygen atoms in total. The summed E-state index contributed by atoms with van der Waals surface area (Å²) < 4.78 is 97.0. The third kappa shape index (κ3) is 6.28. The van der Waals surface area contributed by atoms with Gasteiger partial charge in [-0.3, -0.25) is 0 Å². The third-order valence-electron chi connectivity index (χ3n) is 14.1. The van der Waals surface area contributed by atoms with Crippen molar-refractivity contribution in [3.63, 3.8) is 0 Å². The highest BCUT2D eigenvalue weighted by atomic mass is 28.3. The summed E-state index contributed by atoms with van der Waals surface area (Å²) in [4.78, 5) is 0. The summed E-state index contributed by atoms with van der Waals surface area (Å²) in [6, 6.07) is 73.6. The molecule has 1 heterocycles. The van der Waals surface area contributed by atoms with Gasteiger partial charge in [-0.15, -0.1) is 0 Å². The molecule has 0 aliphatic carbocycles. The van der Waals surface area contributed by atoms with E-state index in [9.17, 15) is 9.60 Å². The molecule has 0 amide bonds. The maximum absolute atomic E-state index is 10.4. The molecular formula is C66H47NSi2. The van der Waals surface area contributed by atoms with Gasteiger partial charge >= 0.3 is 0 Å². The van der Waals surface area contributed by atoms with Gasteiger partial charge in [0.1, 0.15) is 0 Å². The highest BCUT2D eigenvalue weighted by Crippen LogP contribution is 2.43. The van der Waals surface area contributed by atoms with Crippen LogP contribution in [0.15, 0.2) is 285 Å². The minimum Gasteiger partial charge on any atom is -0.309 e. The molecule has 1 aromatic heterocycles. The minimum atomic E-state index is -3.29. The standard InChI is InChI=1S/C66H47NSi2/c1-7-25-49(26-8-1)68(50-27-9-2-10-28-50,51-29-11-3-12-30-51)55-37-23-24-48(46-55)67-63-44-42-56(69(52-31-13-4-14-32-52,53-33-15-5-16-34-53)54-35-17-6-18-36-54)47-62(63)66-64(67)45-43-61-59-40-20-19-38-57(59)58-39-21-22-41-60(58)65(61)66/h1-47H/i19D,20D,21D,22D,38D,39D,40D,41D,43D,45D. The van der Waals surface area contributed by atoms with Crippen molar-refractivity contribution < 1.29 is 13.7 Å². The Morgan fingerprint density at radius 3 is 1.06 bits per heavy atom. The number of aromatic nitrogens is 1. The lowest BCUT2D eigenvalue weighted by Gasteiger charge is -2.35. The first kappa shape index (κ1) is 31.6. The molecular weight excluding hydrogens is 863 g/mol. The van der Waals surface area contributed by atoms with Gasteiger partial charge in [0.15, 0.2) is 16.1 Å². The van der Waals surface area contributed by atoms with Gasteiger partial charge in [0, 0.05) is 21.8 Å². The van der Waals surface area contributed by atoms with E-state index in [0.717, 1.165) is 41.5 Å². The zero-order valence-electron chi connectivity index (χ0n) is 47.3. The Kier molecular flexibility index (Phi) is 7.67.